The largest absolute Gasteiger partial charge is 0.397 e. The van der Waals surface area contributed by atoms with Crippen molar-refractivity contribution >= 4 is 17.1 Å². The minimum Gasteiger partial charge on any atom is -0.397 e. The Morgan fingerprint density at radius 1 is 1.29 bits per heavy atom. The Labute approximate surface area is 83.9 Å². The number of rotatable bonds is 3. The summed E-state index contributed by atoms with van der Waals surface area (Å²) >= 11 is 0. The van der Waals surface area contributed by atoms with Crippen molar-refractivity contribution in [2.24, 2.45) is 0 Å². The summed E-state index contributed by atoms with van der Waals surface area (Å²) in [4.78, 5) is 0. The Balaban J connectivity index is 2.83. The van der Waals surface area contributed by atoms with Crippen LogP contribution in [0.5, 0.6) is 0 Å². The van der Waals surface area contributed by atoms with Gasteiger partial charge in [0.15, 0.2) is 0 Å². The van der Waals surface area contributed by atoms with Gasteiger partial charge in [-0.1, -0.05) is 0 Å². The highest BCUT2D eigenvalue weighted by atomic mass is 16.3. The molecule has 0 atom stereocenters. The topological polar surface area (TPSA) is 84.3 Å². The van der Waals surface area contributed by atoms with Crippen molar-refractivity contribution in [1.29, 1.82) is 0 Å². The number of hydrogen-bond donors (Lipinski definition) is 4. The van der Waals surface area contributed by atoms with Crippen molar-refractivity contribution in [2.75, 3.05) is 23.4 Å². The monoisotopic (exact) mass is 195 g/mol. The van der Waals surface area contributed by atoms with E-state index in [1.165, 1.54) is 0 Å². The normalized spacial score (nSPS) is 11.4. The van der Waals surface area contributed by atoms with Crippen molar-refractivity contribution in [3.05, 3.63) is 18.2 Å². The Morgan fingerprint density at radius 3 is 2.43 bits per heavy atom. The molecule has 0 unspecified atom stereocenters. The van der Waals surface area contributed by atoms with Crippen LogP contribution >= 0.6 is 0 Å². The fourth-order valence-corrected chi connectivity index (χ4v) is 1.08. The van der Waals surface area contributed by atoms with Gasteiger partial charge in [0.25, 0.3) is 0 Å². The van der Waals surface area contributed by atoms with Gasteiger partial charge >= 0.3 is 0 Å². The van der Waals surface area contributed by atoms with Crippen LogP contribution in [-0.4, -0.2) is 17.3 Å². The Kier molecular flexibility index (Phi) is 2.86. The van der Waals surface area contributed by atoms with Crippen molar-refractivity contribution in [1.82, 2.24) is 0 Å². The van der Waals surface area contributed by atoms with Crippen molar-refractivity contribution < 1.29 is 5.11 Å². The first kappa shape index (κ1) is 10.7. The molecule has 78 valence electrons. The molecular formula is C10H17N3O. The highest BCUT2D eigenvalue weighted by molar-refractivity contribution is 5.69. The summed E-state index contributed by atoms with van der Waals surface area (Å²) in [6.07, 6.45) is 0. The minimum atomic E-state index is -0.359. The van der Waals surface area contributed by atoms with E-state index >= 15 is 0 Å². The second-order valence-electron chi connectivity index (χ2n) is 4.01. The maximum absolute atomic E-state index is 9.06. The van der Waals surface area contributed by atoms with Crippen molar-refractivity contribution in [3.63, 3.8) is 0 Å². The molecule has 0 spiro atoms. The maximum Gasteiger partial charge on any atom is 0.0656 e. The molecule has 0 fully saturated rings. The summed E-state index contributed by atoms with van der Waals surface area (Å²) in [7, 11) is 0. The summed E-state index contributed by atoms with van der Waals surface area (Å²) < 4.78 is 0. The summed E-state index contributed by atoms with van der Waals surface area (Å²) in [5, 5.41) is 12.2. The summed E-state index contributed by atoms with van der Waals surface area (Å²) in [5.74, 6) is 0. The zero-order chi connectivity index (χ0) is 10.8. The average molecular weight is 195 g/mol. The van der Waals surface area contributed by atoms with Crippen LogP contribution in [0.25, 0.3) is 0 Å². The smallest absolute Gasteiger partial charge is 0.0656 e. The minimum absolute atomic E-state index is 0.0529. The molecule has 4 heteroatoms. The van der Waals surface area contributed by atoms with E-state index in [-0.39, 0.29) is 12.1 Å². The van der Waals surface area contributed by atoms with E-state index in [0.717, 1.165) is 5.69 Å². The van der Waals surface area contributed by atoms with Crippen LogP contribution < -0.4 is 16.8 Å². The Morgan fingerprint density at radius 2 is 1.93 bits per heavy atom. The van der Waals surface area contributed by atoms with E-state index in [4.69, 9.17) is 16.6 Å². The first-order valence-corrected chi connectivity index (χ1v) is 4.49. The first-order valence-electron chi connectivity index (χ1n) is 4.49. The van der Waals surface area contributed by atoms with E-state index in [2.05, 4.69) is 5.32 Å². The predicted octanol–water partition coefficient (Wildman–Crippen LogP) is 1.03. The van der Waals surface area contributed by atoms with E-state index in [1.807, 2.05) is 19.9 Å². The molecule has 0 saturated carbocycles. The molecule has 1 rings (SSSR count). The van der Waals surface area contributed by atoms with Crippen LogP contribution in [-0.2, 0) is 0 Å². The average Bonchev–Trinajstić information content (AvgIpc) is 2.11. The molecule has 0 aliphatic rings. The van der Waals surface area contributed by atoms with Crippen LogP contribution in [0.15, 0.2) is 18.2 Å². The number of nitrogens with one attached hydrogen (secondary N) is 1. The SMILES string of the molecule is CC(C)(CO)Nc1ccc(N)c(N)c1. The summed E-state index contributed by atoms with van der Waals surface area (Å²) in [5.41, 5.74) is 12.8. The summed E-state index contributed by atoms with van der Waals surface area (Å²) in [6.45, 7) is 3.86. The van der Waals surface area contributed by atoms with E-state index in [0.29, 0.717) is 11.4 Å². The lowest BCUT2D eigenvalue weighted by Crippen LogP contribution is -2.34. The van der Waals surface area contributed by atoms with Gasteiger partial charge in [0.2, 0.25) is 0 Å². The molecule has 6 N–H and O–H groups in total. The fourth-order valence-electron chi connectivity index (χ4n) is 1.08. The highest BCUT2D eigenvalue weighted by Crippen LogP contribution is 2.22. The van der Waals surface area contributed by atoms with Gasteiger partial charge in [0, 0.05) is 5.69 Å². The van der Waals surface area contributed by atoms with Crippen LogP contribution in [0.2, 0.25) is 0 Å². The van der Waals surface area contributed by atoms with E-state index in [1.54, 1.807) is 12.1 Å². The molecule has 0 amide bonds. The van der Waals surface area contributed by atoms with Crippen LogP contribution in [0.3, 0.4) is 0 Å². The van der Waals surface area contributed by atoms with Gasteiger partial charge in [0.05, 0.1) is 23.5 Å². The molecular weight excluding hydrogens is 178 g/mol. The van der Waals surface area contributed by atoms with E-state index < -0.39 is 0 Å². The zero-order valence-electron chi connectivity index (χ0n) is 8.54. The molecule has 1 aromatic rings. The molecule has 0 heterocycles. The molecule has 1 aromatic carbocycles. The van der Waals surface area contributed by atoms with Gasteiger partial charge in [-0.05, 0) is 32.0 Å². The molecule has 0 aliphatic carbocycles. The third-order valence-electron chi connectivity index (χ3n) is 1.96. The lowest BCUT2D eigenvalue weighted by atomic mass is 10.1. The molecule has 0 saturated heterocycles. The number of nitrogens with two attached hydrogens (primary N) is 2. The molecule has 4 nitrogen and oxygen atoms in total. The van der Waals surface area contributed by atoms with Gasteiger partial charge in [-0.2, -0.15) is 0 Å². The second-order valence-corrected chi connectivity index (χ2v) is 4.01. The van der Waals surface area contributed by atoms with Crippen LogP contribution in [0, 0.1) is 0 Å². The highest BCUT2D eigenvalue weighted by Gasteiger charge is 2.15. The lowest BCUT2D eigenvalue weighted by Gasteiger charge is -2.25. The van der Waals surface area contributed by atoms with Crippen molar-refractivity contribution in [2.45, 2.75) is 19.4 Å². The van der Waals surface area contributed by atoms with Gasteiger partial charge in [-0.3, -0.25) is 0 Å². The van der Waals surface area contributed by atoms with Gasteiger partial charge in [-0.15, -0.1) is 0 Å². The fraction of sp³-hybridized carbons (Fsp3) is 0.400. The third kappa shape index (κ3) is 2.53. The number of benzene rings is 1. The Bertz CT molecular complexity index is 323. The van der Waals surface area contributed by atoms with Gasteiger partial charge in [-0.25, -0.2) is 0 Å². The number of anilines is 3. The summed E-state index contributed by atoms with van der Waals surface area (Å²) in [6, 6.07) is 5.33. The van der Waals surface area contributed by atoms with Crippen LogP contribution in [0.4, 0.5) is 17.1 Å². The first-order chi connectivity index (χ1) is 6.44. The molecule has 0 bridgehead atoms. The number of aliphatic hydroxyl groups excluding tert-OH is 1. The molecule has 0 aromatic heterocycles. The lowest BCUT2D eigenvalue weighted by molar-refractivity contribution is 0.234. The molecule has 0 radical (unpaired) electrons. The number of hydrogen-bond acceptors (Lipinski definition) is 4. The molecule has 0 aliphatic heterocycles. The predicted molar refractivity (Wildman–Crippen MR) is 60.1 cm³/mol. The standard InChI is InChI=1S/C10H17N3O/c1-10(2,6-14)13-7-3-4-8(11)9(12)5-7/h3-5,13-14H,6,11-12H2,1-2H3. The number of aliphatic hydroxyl groups is 1. The van der Waals surface area contributed by atoms with E-state index in [9.17, 15) is 0 Å². The van der Waals surface area contributed by atoms with Gasteiger partial charge in [0.1, 0.15) is 0 Å². The Hall–Kier alpha value is -1.42. The second kappa shape index (κ2) is 3.75. The van der Waals surface area contributed by atoms with Crippen LogP contribution in [0.1, 0.15) is 13.8 Å². The third-order valence-corrected chi connectivity index (χ3v) is 1.96. The number of nitrogen functional groups attached to an aromatic ring is 2. The quantitative estimate of drug-likeness (QED) is 0.543. The van der Waals surface area contributed by atoms with Crippen molar-refractivity contribution in [3.8, 4) is 0 Å². The molecule has 14 heavy (non-hydrogen) atoms. The van der Waals surface area contributed by atoms with Gasteiger partial charge < -0.3 is 21.9 Å². The zero-order valence-corrected chi connectivity index (χ0v) is 8.54. The maximum atomic E-state index is 9.06.